The Balaban J connectivity index is 1.39. The second-order valence-electron chi connectivity index (χ2n) is 13.3. The summed E-state index contributed by atoms with van der Waals surface area (Å²) in [4.78, 5) is 55.3. The molecule has 1 aliphatic carbocycles. The number of aliphatic imine (C=N–C) groups is 3. The van der Waals surface area contributed by atoms with Gasteiger partial charge in [0, 0.05) is 46.9 Å². The van der Waals surface area contributed by atoms with Crippen molar-refractivity contribution in [2.45, 2.75) is 42.5 Å². The number of ether oxygens (including phenoxy) is 4. The number of ketones is 2. The molecule has 4 heterocycles. The lowest BCUT2D eigenvalue weighted by Crippen LogP contribution is -2.68. The molecule has 3 aromatic carbocycles. The fourth-order valence-corrected chi connectivity index (χ4v) is 7.50. The molecule has 3 aromatic rings. The number of hydrogen-bond donors (Lipinski definition) is 6. The van der Waals surface area contributed by atoms with Gasteiger partial charge in [-0.3, -0.25) is 19.4 Å². The van der Waals surface area contributed by atoms with Crippen LogP contribution in [0, 0.1) is 0 Å². The molecule has 6 unspecified atom stereocenters. The van der Waals surface area contributed by atoms with Crippen molar-refractivity contribution in [1.82, 2.24) is 0 Å². The molecule has 1 fully saturated rings. The van der Waals surface area contributed by atoms with Crippen LogP contribution in [0.5, 0.6) is 11.5 Å². The molecule has 5 aliphatic rings. The Bertz CT molecular complexity index is 2240. The molecule has 0 radical (unpaired) electrons. The number of anilines is 1. The molecular formula is C38H35N5O12. The minimum absolute atomic E-state index is 0.00953. The summed E-state index contributed by atoms with van der Waals surface area (Å²) < 4.78 is 24.5. The van der Waals surface area contributed by atoms with Gasteiger partial charge in [-0.2, -0.15) is 9.98 Å². The molecule has 1 saturated heterocycles. The Labute approximate surface area is 312 Å². The summed E-state index contributed by atoms with van der Waals surface area (Å²) in [5.41, 5.74) is 4.65. The number of carbonyl (C=O) groups is 3. The molecule has 55 heavy (non-hydrogen) atoms. The number of allylic oxidation sites excluding steroid dienone is 1. The first kappa shape index (κ1) is 36.2. The third-order valence-electron chi connectivity index (χ3n) is 10.2. The van der Waals surface area contributed by atoms with E-state index in [0.717, 1.165) is 0 Å². The summed E-state index contributed by atoms with van der Waals surface area (Å²) in [6.45, 7) is -1.89. The maximum atomic E-state index is 14.3. The van der Waals surface area contributed by atoms with E-state index in [2.05, 4.69) is 15.0 Å². The Morgan fingerprint density at radius 2 is 1.69 bits per heavy atom. The van der Waals surface area contributed by atoms with Crippen molar-refractivity contribution >= 4 is 40.7 Å². The van der Waals surface area contributed by atoms with Crippen molar-refractivity contribution in [3.05, 3.63) is 100 Å². The smallest absolute Gasteiger partial charge is 0.302 e. The lowest BCUT2D eigenvalue weighted by Gasteiger charge is -2.47. The Hall–Kier alpha value is -5.82. The maximum Gasteiger partial charge on any atom is 0.302 e. The van der Waals surface area contributed by atoms with Gasteiger partial charge in [0.2, 0.25) is 12.2 Å². The number of aliphatic hydroxyl groups excluding tert-OH is 4. The predicted octanol–water partition coefficient (Wildman–Crippen LogP) is -0.0802. The van der Waals surface area contributed by atoms with E-state index in [4.69, 9.17) is 24.7 Å². The van der Waals surface area contributed by atoms with Crippen LogP contribution in [-0.2, 0) is 14.3 Å². The number of carbonyl (C=O) groups excluding carboxylic acids is 3. The highest BCUT2D eigenvalue weighted by Crippen LogP contribution is 2.50. The van der Waals surface area contributed by atoms with Crippen LogP contribution in [0.2, 0.25) is 0 Å². The molecule has 0 aromatic heterocycles. The van der Waals surface area contributed by atoms with E-state index in [1.54, 1.807) is 47.4 Å². The van der Waals surface area contributed by atoms with E-state index >= 15 is 0 Å². The summed E-state index contributed by atoms with van der Waals surface area (Å²) in [5, 5.41) is 54.1. The van der Waals surface area contributed by atoms with E-state index in [1.165, 1.54) is 24.5 Å². The van der Waals surface area contributed by atoms with Crippen LogP contribution in [0.25, 0.3) is 0 Å². The predicted molar refractivity (Wildman–Crippen MR) is 193 cm³/mol. The average molecular weight is 754 g/mol. The number of fused-ring (bicyclic) bond motifs is 6. The van der Waals surface area contributed by atoms with Crippen LogP contribution in [0.3, 0.4) is 0 Å². The van der Waals surface area contributed by atoms with Gasteiger partial charge in [-0.05, 0) is 23.8 Å². The highest BCUT2D eigenvalue weighted by atomic mass is 16.7. The highest BCUT2D eigenvalue weighted by molar-refractivity contribution is 6.72. The normalized spacial score (nSPS) is 26.9. The molecule has 1 amide bonds. The summed E-state index contributed by atoms with van der Waals surface area (Å²) in [6.07, 6.45) is -4.26. The van der Waals surface area contributed by atoms with E-state index in [-0.39, 0.29) is 76.7 Å². The fourth-order valence-electron chi connectivity index (χ4n) is 7.50. The van der Waals surface area contributed by atoms with Gasteiger partial charge in [0.05, 0.1) is 18.4 Å². The molecular weight excluding hydrogens is 718 g/mol. The SMILES string of the molecule is NC1=NC(=O)C2=NCN(c3ccccc3C3C=COCC4OC(Oc5c3cc3c(c5OCCO)C(=O)c5ccccc5C3=O)C(O)(CCO)C(O)C4O)C2=N1. The van der Waals surface area contributed by atoms with Gasteiger partial charge in [-0.15, -0.1) is 0 Å². The second kappa shape index (κ2) is 14.1. The topological polar surface area (TPSA) is 256 Å². The summed E-state index contributed by atoms with van der Waals surface area (Å²) in [7, 11) is 0. The van der Waals surface area contributed by atoms with E-state index in [1.807, 2.05) is 0 Å². The largest absolute Gasteiger partial charge is 0.499 e. The summed E-state index contributed by atoms with van der Waals surface area (Å²) in [5.74, 6) is -3.28. The molecule has 0 spiro atoms. The van der Waals surface area contributed by atoms with Crippen molar-refractivity contribution in [2.75, 3.05) is 38.0 Å². The standard InChI is InChI=1S/C38H35N5O12/c39-37-41-34-27(35(50)42-37)40-17-43(34)24-8-4-3-5-19(24)18-9-13-52-16-25-30(48)33(49)38(51,10-11-44)36(54-25)55-31-22(18)15-23-26(32(31)53-14-12-45)29(47)21-7-2-1-6-20(21)28(23)46/h1-9,13,15,18,25,30,33,36,44-45,48-49,51H,10-12,14,16-17H2,(H2,39,42,50). The second-order valence-corrected chi connectivity index (χ2v) is 13.3. The number of amides is 1. The molecule has 17 heteroatoms. The lowest BCUT2D eigenvalue weighted by molar-refractivity contribution is -0.323. The zero-order valence-electron chi connectivity index (χ0n) is 28.9. The van der Waals surface area contributed by atoms with Crippen LogP contribution >= 0.6 is 0 Å². The number of benzene rings is 3. The minimum atomic E-state index is -2.43. The maximum absolute atomic E-state index is 14.3. The molecule has 6 atom stereocenters. The van der Waals surface area contributed by atoms with E-state index in [9.17, 15) is 39.9 Å². The van der Waals surface area contributed by atoms with Gasteiger partial charge in [0.15, 0.2) is 40.2 Å². The van der Waals surface area contributed by atoms with Crippen molar-refractivity contribution in [1.29, 1.82) is 0 Å². The molecule has 17 nitrogen and oxygen atoms in total. The molecule has 7 N–H and O–H groups in total. The highest BCUT2D eigenvalue weighted by Gasteiger charge is 2.57. The number of aliphatic hydroxyl groups is 5. The van der Waals surface area contributed by atoms with Crippen LogP contribution in [0.1, 0.15) is 55.3 Å². The van der Waals surface area contributed by atoms with Gasteiger partial charge in [0.25, 0.3) is 0 Å². The van der Waals surface area contributed by atoms with Crippen LogP contribution in [0.15, 0.2) is 81.9 Å². The quantitative estimate of drug-likeness (QED) is 0.144. The Morgan fingerprint density at radius 3 is 2.45 bits per heavy atom. The molecule has 4 aliphatic heterocycles. The molecule has 0 saturated carbocycles. The number of hydrogen-bond acceptors (Lipinski definition) is 16. The number of rotatable bonds is 7. The van der Waals surface area contributed by atoms with Gasteiger partial charge in [-0.1, -0.05) is 42.5 Å². The molecule has 2 bridgehead atoms. The van der Waals surface area contributed by atoms with Crippen molar-refractivity contribution in [2.24, 2.45) is 20.7 Å². The van der Waals surface area contributed by atoms with Gasteiger partial charge < -0.3 is 55.1 Å². The van der Waals surface area contributed by atoms with Crippen molar-refractivity contribution < 1.29 is 58.9 Å². The Morgan fingerprint density at radius 1 is 0.945 bits per heavy atom. The summed E-state index contributed by atoms with van der Waals surface area (Å²) >= 11 is 0. The number of para-hydroxylation sites is 1. The lowest BCUT2D eigenvalue weighted by atomic mass is 9.79. The zero-order valence-corrected chi connectivity index (χ0v) is 28.9. The first-order valence-corrected chi connectivity index (χ1v) is 17.4. The van der Waals surface area contributed by atoms with Crippen molar-refractivity contribution in [3.63, 3.8) is 0 Å². The first-order valence-electron chi connectivity index (χ1n) is 17.4. The third-order valence-corrected chi connectivity index (χ3v) is 10.2. The van der Waals surface area contributed by atoms with Crippen LogP contribution < -0.4 is 20.1 Å². The number of nitrogens with zero attached hydrogens (tertiary/aromatic N) is 4. The van der Waals surface area contributed by atoms with Crippen molar-refractivity contribution in [3.8, 4) is 11.5 Å². The average Bonchev–Trinajstić information content (AvgIpc) is 3.60. The monoisotopic (exact) mass is 753 g/mol. The summed E-state index contributed by atoms with van der Waals surface area (Å²) in [6, 6.07) is 14.7. The van der Waals surface area contributed by atoms with Gasteiger partial charge in [0.1, 0.15) is 38.2 Å². The van der Waals surface area contributed by atoms with E-state index in [0.29, 0.717) is 11.3 Å². The fraction of sp³-hybridized carbons (Fsp3) is 0.316. The third kappa shape index (κ3) is 5.88. The number of nitrogens with two attached hydrogens (primary N) is 1. The first-order chi connectivity index (χ1) is 26.6. The minimum Gasteiger partial charge on any atom is -0.499 e. The van der Waals surface area contributed by atoms with E-state index < -0.39 is 73.2 Å². The molecule has 8 rings (SSSR count). The van der Waals surface area contributed by atoms with Crippen LogP contribution in [-0.4, -0.2) is 124 Å². The van der Waals surface area contributed by atoms with Gasteiger partial charge >= 0.3 is 5.91 Å². The van der Waals surface area contributed by atoms with Crippen LogP contribution in [0.4, 0.5) is 5.69 Å². The number of amidine groups is 1. The Kier molecular flexibility index (Phi) is 9.28. The molecule has 284 valence electrons. The van der Waals surface area contributed by atoms with Gasteiger partial charge in [-0.25, -0.2) is 0 Å². The zero-order chi connectivity index (χ0) is 38.6. The number of guanidine groups is 1.